The highest BCUT2D eigenvalue weighted by Crippen LogP contribution is 1.83. The summed E-state index contributed by atoms with van der Waals surface area (Å²) in [5, 5.41) is 8.40. The van der Waals surface area contributed by atoms with Gasteiger partial charge in [0.25, 0.3) is 0 Å². The third-order valence-electron chi connectivity index (χ3n) is 0.832. The molecule has 3 N–H and O–H groups in total. The van der Waals surface area contributed by atoms with Gasteiger partial charge in [-0.05, 0) is 0 Å². The van der Waals surface area contributed by atoms with Crippen LogP contribution < -0.4 is 5.73 Å². The van der Waals surface area contributed by atoms with Crippen LogP contribution in [0.2, 0.25) is 0 Å². The summed E-state index contributed by atoms with van der Waals surface area (Å²) in [7, 11) is 0. The van der Waals surface area contributed by atoms with Crippen molar-refractivity contribution >= 4 is 6.03 Å². The lowest BCUT2D eigenvalue weighted by Gasteiger charge is -2.13. The van der Waals surface area contributed by atoms with Gasteiger partial charge in [0, 0.05) is 6.54 Å². The Bertz CT molecular complexity index is 114. The molecule has 0 fully saturated rings. The van der Waals surface area contributed by atoms with E-state index in [0.717, 1.165) is 4.90 Å². The smallest absolute Gasteiger partial charge is 0.316 e. The molecule has 0 atom stereocenters. The van der Waals surface area contributed by atoms with Crippen LogP contribution in [0.15, 0.2) is 12.7 Å². The number of rotatable bonds is 3. The molecular formula is C5H10N2O2. The summed E-state index contributed by atoms with van der Waals surface area (Å²) in [5.41, 5.74) is 4.81. The van der Waals surface area contributed by atoms with Crippen molar-refractivity contribution in [2.45, 2.75) is 0 Å². The highest BCUT2D eigenvalue weighted by molar-refractivity contribution is 5.71. The third-order valence-corrected chi connectivity index (χ3v) is 0.832. The highest BCUT2D eigenvalue weighted by Gasteiger charge is 2.02. The fraction of sp³-hybridized carbons (Fsp3) is 0.400. The number of hydrogen-bond donors (Lipinski definition) is 2. The van der Waals surface area contributed by atoms with Crippen LogP contribution in [0.25, 0.3) is 0 Å². The Kier molecular flexibility index (Phi) is 3.46. The lowest BCUT2D eigenvalue weighted by Crippen LogP contribution is -2.36. The summed E-state index contributed by atoms with van der Waals surface area (Å²) < 4.78 is 0. The topological polar surface area (TPSA) is 66.6 Å². The van der Waals surface area contributed by atoms with Crippen LogP contribution in [-0.4, -0.2) is 29.3 Å². The van der Waals surface area contributed by atoms with Crippen LogP contribution in [-0.2, 0) is 0 Å². The maximum atomic E-state index is 10.3. The van der Waals surface area contributed by atoms with Gasteiger partial charge in [-0.25, -0.2) is 4.79 Å². The van der Waals surface area contributed by atoms with E-state index in [1.807, 2.05) is 0 Å². The van der Waals surface area contributed by atoms with E-state index in [1.54, 1.807) is 0 Å². The summed E-state index contributed by atoms with van der Waals surface area (Å²) in [6.45, 7) is 3.29. The molecule has 4 heteroatoms. The molecule has 4 nitrogen and oxygen atoms in total. The van der Waals surface area contributed by atoms with E-state index in [-0.39, 0.29) is 13.3 Å². The Hall–Kier alpha value is -1.03. The third kappa shape index (κ3) is 2.71. The molecule has 52 valence electrons. The SMILES string of the molecule is C=CCN(CO)C(N)=O. The van der Waals surface area contributed by atoms with E-state index in [9.17, 15) is 4.79 Å². The van der Waals surface area contributed by atoms with Crippen LogP contribution in [0.4, 0.5) is 4.79 Å². The molecule has 0 aliphatic carbocycles. The second kappa shape index (κ2) is 3.91. The summed E-state index contributed by atoms with van der Waals surface area (Å²) in [5.74, 6) is 0. The Morgan fingerprint density at radius 2 is 2.44 bits per heavy atom. The molecule has 0 aliphatic heterocycles. The van der Waals surface area contributed by atoms with E-state index in [1.165, 1.54) is 6.08 Å². The average Bonchev–Trinajstić information content (AvgIpc) is 1.82. The molecule has 0 saturated carbocycles. The Labute approximate surface area is 53.6 Å². The van der Waals surface area contributed by atoms with Gasteiger partial charge in [0.2, 0.25) is 0 Å². The van der Waals surface area contributed by atoms with Crippen LogP contribution in [0.1, 0.15) is 0 Å². The van der Waals surface area contributed by atoms with Crippen LogP contribution in [0, 0.1) is 0 Å². The minimum Gasteiger partial charge on any atom is -0.376 e. The predicted molar refractivity (Wildman–Crippen MR) is 33.6 cm³/mol. The van der Waals surface area contributed by atoms with Crippen molar-refractivity contribution in [3.05, 3.63) is 12.7 Å². The van der Waals surface area contributed by atoms with Crippen molar-refractivity contribution in [3.8, 4) is 0 Å². The van der Waals surface area contributed by atoms with Gasteiger partial charge in [-0.15, -0.1) is 6.58 Å². The number of primary amides is 1. The van der Waals surface area contributed by atoms with E-state index in [2.05, 4.69) is 6.58 Å². The second-order valence-corrected chi connectivity index (χ2v) is 1.49. The Morgan fingerprint density at radius 3 is 2.56 bits per heavy atom. The van der Waals surface area contributed by atoms with Gasteiger partial charge in [0.15, 0.2) is 0 Å². The Balaban J connectivity index is 3.67. The van der Waals surface area contributed by atoms with Crippen molar-refractivity contribution in [3.63, 3.8) is 0 Å². The molecule has 0 heterocycles. The molecule has 0 spiro atoms. The largest absolute Gasteiger partial charge is 0.376 e. The zero-order chi connectivity index (χ0) is 7.28. The molecule has 0 aromatic rings. The molecule has 0 unspecified atom stereocenters. The van der Waals surface area contributed by atoms with Crippen molar-refractivity contribution in [1.82, 2.24) is 4.90 Å². The van der Waals surface area contributed by atoms with Gasteiger partial charge < -0.3 is 10.8 Å². The van der Waals surface area contributed by atoms with Gasteiger partial charge in [0.05, 0.1) is 0 Å². The number of nitrogens with two attached hydrogens (primary N) is 1. The lowest BCUT2D eigenvalue weighted by atomic mass is 10.5. The standard InChI is InChI=1S/C5H10N2O2/c1-2-3-7(4-8)5(6)9/h2,8H,1,3-4H2,(H2,6,9). The minimum absolute atomic E-state index is 0.284. The molecule has 0 aromatic carbocycles. The van der Waals surface area contributed by atoms with Crippen molar-refractivity contribution in [2.75, 3.05) is 13.3 Å². The van der Waals surface area contributed by atoms with E-state index in [4.69, 9.17) is 10.8 Å². The molecule has 0 bridgehead atoms. The monoisotopic (exact) mass is 130 g/mol. The quantitative estimate of drug-likeness (QED) is 0.399. The predicted octanol–water partition coefficient (Wildman–Crippen LogP) is -0.497. The van der Waals surface area contributed by atoms with Gasteiger partial charge >= 0.3 is 6.03 Å². The van der Waals surface area contributed by atoms with E-state index < -0.39 is 6.03 Å². The summed E-state index contributed by atoms with van der Waals surface area (Å²) >= 11 is 0. The second-order valence-electron chi connectivity index (χ2n) is 1.49. The molecule has 0 radical (unpaired) electrons. The number of hydrogen-bond acceptors (Lipinski definition) is 2. The molecule has 9 heavy (non-hydrogen) atoms. The van der Waals surface area contributed by atoms with Crippen molar-refractivity contribution in [2.24, 2.45) is 5.73 Å². The molecular weight excluding hydrogens is 120 g/mol. The fourth-order valence-corrected chi connectivity index (χ4v) is 0.373. The van der Waals surface area contributed by atoms with E-state index in [0.29, 0.717) is 0 Å². The molecule has 2 amide bonds. The van der Waals surface area contributed by atoms with E-state index >= 15 is 0 Å². The number of carbonyl (C=O) groups is 1. The number of aliphatic hydroxyl groups is 1. The number of carbonyl (C=O) groups excluding carboxylic acids is 1. The zero-order valence-electron chi connectivity index (χ0n) is 5.08. The van der Waals surface area contributed by atoms with Gasteiger partial charge in [-0.2, -0.15) is 0 Å². The zero-order valence-corrected chi connectivity index (χ0v) is 5.08. The maximum absolute atomic E-state index is 10.3. The summed E-state index contributed by atoms with van der Waals surface area (Å²) in [4.78, 5) is 11.3. The lowest BCUT2D eigenvalue weighted by molar-refractivity contribution is 0.137. The first-order chi connectivity index (χ1) is 4.22. The molecule has 0 saturated heterocycles. The Morgan fingerprint density at radius 1 is 1.89 bits per heavy atom. The molecule has 0 rings (SSSR count). The molecule has 0 aromatic heterocycles. The number of nitrogens with zero attached hydrogens (tertiary/aromatic N) is 1. The van der Waals surface area contributed by atoms with Crippen molar-refractivity contribution < 1.29 is 9.90 Å². The average molecular weight is 130 g/mol. The normalized spacial score (nSPS) is 8.56. The summed E-state index contributed by atoms with van der Waals surface area (Å²) in [6, 6.07) is -0.641. The minimum atomic E-state index is -0.641. The van der Waals surface area contributed by atoms with Crippen LogP contribution >= 0.6 is 0 Å². The van der Waals surface area contributed by atoms with Crippen LogP contribution in [0.5, 0.6) is 0 Å². The highest BCUT2D eigenvalue weighted by atomic mass is 16.3. The fourth-order valence-electron chi connectivity index (χ4n) is 0.373. The maximum Gasteiger partial charge on any atom is 0.316 e. The summed E-state index contributed by atoms with van der Waals surface area (Å²) in [6.07, 6.45) is 1.49. The molecule has 0 aliphatic rings. The number of aliphatic hydroxyl groups excluding tert-OH is 1. The number of amides is 2. The van der Waals surface area contributed by atoms with Crippen LogP contribution in [0.3, 0.4) is 0 Å². The van der Waals surface area contributed by atoms with Crippen molar-refractivity contribution in [1.29, 1.82) is 0 Å². The first-order valence-corrected chi connectivity index (χ1v) is 2.48. The van der Waals surface area contributed by atoms with Gasteiger partial charge in [-0.3, -0.25) is 4.90 Å². The first kappa shape index (κ1) is 7.97. The number of urea groups is 1. The first-order valence-electron chi connectivity index (χ1n) is 2.48. The van der Waals surface area contributed by atoms with Gasteiger partial charge in [0.1, 0.15) is 6.73 Å². The van der Waals surface area contributed by atoms with Gasteiger partial charge in [-0.1, -0.05) is 6.08 Å².